The summed E-state index contributed by atoms with van der Waals surface area (Å²) in [6.07, 6.45) is 0. The summed E-state index contributed by atoms with van der Waals surface area (Å²) in [6, 6.07) is 9.44. The van der Waals surface area contributed by atoms with Crippen molar-refractivity contribution in [2.45, 2.75) is 6.92 Å². The molecule has 62 valence electrons. The molecule has 0 heterocycles. The Morgan fingerprint density at radius 2 is 1.92 bits per heavy atom. The van der Waals surface area contributed by atoms with Crippen LogP contribution in [0.4, 0.5) is 0 Å². The molecule has 1 rings (SSSR count). The fourth-order valence-electron chi connectivity index (χ4n) is 0.938. The second kappa shape index (κ2) is 4.14. The van der Waals surface area contributed by atoms with Crippen LogP contribution in [0.15, 0.2) is 30.8 Å². The van der Waals surface area contributed by atoms with Gasteiger partial charge in [-0.3, -0.25) is 0 Å². The van der Waals surface area contributed by atoms with Gasteiger partial charge >= 0.3 is 0 Å². The molecule has 1 aromatic rings. The molecule has 0 saturated heterocycles. The zero-order valence-electron chi connectivity index (χ0n) is 7.46. The largest absolute Gasteiger partial charge is 0.183 e. The number of nitriles is 1. The lowest BCUT2D eigenvalue weighted by Gasteiger charge is -1.97. The molecular weight excluding hydrogens is 158 g/mol. The van der Waals surface area contributed by atoms with Crippen LogP contribution in [-0.2, 0) is 0 Å². The van der Waals surface area contributed by atoms with Crippen molar-refractivity contribution in [1.29, 1.82) is 5.26 Å². The Balaban J connectivity index is 2.95. The first kappa shape index (κ1) is 9.10. The summed E-state index contributed by atoms with van der Waals surface area (Å²) >= 11 is 0. The highest BCUT2D eigenvalue weighted by molar-refractivity contribution is 5.62. The van der Waals surface area contributed by atoms with Gasteiger partial charge in [0.2, 0.25) is 0 Å². The van der Waals surface area contributed by atoms with Gasteiger partial charge in [-0.1, -0.05) is 30.2 Å². The van der Waals surface area contributed by atoms with Crippen LogP contribution in [0, 0.1) is 23.2 Å². The highest BCUT2D eigenvalue weighted by Gasteiger charge is 1.91. The minimum Gasteiger partial charge on any atom is -0.183 e. The lowest BCUT2D eigenvalue weighted by atomic mass is 10.1. The van der Waals surface area contributed by atoms with E-state index in [1.807, 2.05) is 31.2 Å². The monoisotopic (exact) mass is 167 g/mol. The van der Waals surface area contributed by atoms with E-state index in [0.717, 1.165) is 16.7 Å². The SMILES string of the molecule is C=C(C)c1ccc(C#CC#N)cc1. The van der Waals surface area contributed by atoms with Gasteiger partial charge in [0.15, 0.2) is 6.07 Å². The van der Waals surface area contributed by atoms with E-state index in [1.54, 1.807) is 6.07 Å². The molecule has 0 aromatic heterocycles. The van der Waals surface area contributed by atoms with E-state index in [2.05, 4.69) is 18.4 Å². The van der Waals surface area contributed by atoms with Crippen molar-refractivity contribution < 1.29 is 0 Å². The normalized spacial score (nSPS) is 8.00. The van der Waals surface area contributed by atoms with Crippen LogP contribution in [-0.4, -0.2) is 0 Å². The minimum absolute atomic E-state index is 0.853. The minimum atomic E-state index is 0.853. The number of hydrogen-bond acceptors (Lipinski definition) is 1. The summed E-state index contributed by atoms with van der Waals surface area (Å²) in [5.41, 5.74) is 2.98. The zero-order chi connectivity index (χ0) is 9.68. The highest BCUT2D eigenvalue weighted by Crippen LogP contribution is 2.11. The first-order valence-electron chi connectivity index (χ1n) is 3.90. The van der Waals surface area contributed by atoms with E-state index in [1.165, 1.54) is 0 Å². The van der Waals surface area contributed by atoms with E-state index in [0.29, 0.717) is 0 Å². The van der Waals surface area contributed by atoms with Gasteiger partial charge in [0.05, 0.1) is 0 Å². The van der Waals surface area contributed by atoms with Gasteiger partial charge in [0.25, 0.3) is 0 Å². The molecular formula is C12H9N. The van der Waals surface area contributed by atoms with Crippen molar-refractivity contribution >= 4 is 5.57 Å². The number of allylic oxidation sites excluding steroid dienone is 1. The molecule has 0 bridgehead atoms. The molecule has 0 aliphatic heterocycles. The maximum absolute atomic E-state index is 8.23. The van der Waals surface area contributed by atoms with Gasteiger partial charge in [-0.25, -0.2) is 0 Å². The molecule has 0 radical (unpaired) electrons. The fourth-order valence-corrected chi connectivity index (χ4v) is 0.938. The predicted octanol–water partition coefficient (Wildman–Crippen LogP) is 2.59. The van der Waals surface area contributed by atoms with Gasteiger partial charge in [0.1, 0.15) is 0 Å². The molecule has 0 fully saturated rings. The molecule has 0 atom stereocenters. The molecule has 13 heavy (non-hydrogen) atoms. The summed E-state index contributed by atoms with van der Waals surface area (Å²) in [7, 11) is 0. The standard InChI is InChI=1S/C12H9N/c1-10(2)12-7-5-11(6-8-12)4-3-9-13/h5-8H,1H2,2H3. The average Bonchev–Trinajstić information content (AvgIpc) is 2.15. The van der Waals surface area contributed by atoms with Crippen LogP contribution in [0.2, 0.25) is 0 Å². The van der Waals surface area contributed by atoms with E-state index in [9.17, 15) is 0 Å². The third-order valence-corrected chi connectivity index (χ3v) is 1.64. The molecule has 0 unspecified atom stereocenters. The van der Waals surface area contributed by atoms with Crippen LogP contribution < -0.4 is 0 Å². The Bertz CT molecular complexity index is 407. The molecule has 0 N–H and O–H groups in total. The molecule has 1 heteroatoms. The van der Waals surface area contributed by atoms with Crippen LogP contribution in [0.25, 0.3) is 5.57 Å². The molecule has 0 amide bonds. The summed E-state index contributed by atoms with van der Waals surface area (Å²) in [5, 5.41) is 8.23. The first-order chi connectivity index (χ1) is 6.24. The Kier molecular flexibility index (Phi) is 2.90. The second-order valence-corrected chi connectivity index (χ2v) is 2.72. The zero-order valence-corrected chi connectivity index (χ0v) is 7.46. The van der Waals surface area contributed by atoms with Crippen LogP contribution >= 0.6 is 0 Å². The molecule has 0 aliphatic rings. The van der Waals surface area contributed by atoms with Crippen molar-refractivity contribution in [1.82, 2.24) is 0 Å². The van der Waals surface area contributed by atoms with Gasteiger partial charge in [-0.2, -0.15) is 5.26 Å². The lowest BCUT2D eigenvalue weighted by Crippen LogP contribution is -1.78. The van der Waals surface area contributed by atoms with Crippen molar-refractivity contribution in [3.8, 4) is 17.9 Å². The maximum atomic E-state index is 8.23. The Hall–Kier alpha value is -1.99. The fraction of sp³-hybridized carbons (Fsp3) is 0.0833. The van der Waals surface area contributed by atoms with Crippen LogP contribution in [0.3, 0.4) is 0 Å². The summed E-state index contributed by atoms with van der Waals surface area (Å²) in [5.74, 6) is 5.07. The van der Waals surface area contributed by atoms with Gasteiger partial charge in [-0.05, 0) is 24.6 Å². The third-order valence-electron chi connectivity index (χ3n) is 1.64. The van der Waals surface area contributed by atoms with Crippen LogP contribution in [0.5, 0.6) is 0 Å². The van der Waals surface area contributed by atoms with Crippen molar-refractivity contribution in [3.05, 3.63) is 42.0 Å². The maximum Gasteiger partial charge on any atom is 0.152 e. The van der Waals surface area contributed by atoms with Gasteiger partial charge < -0.3 is 0 Å². The molecule has 0 saturated carbocycles. The predicted molar refractivity (Wildman–Crippen MR) is 53.6 cm³/mol. The lowest BCUT2D eigenvalue weighted by molar-refractivity contribution is 1.54. The average molecular weight is 167 g/mol. The Morgan fingerprint density at radius 1 is 1.31 bits per heavy atom. The Morgan fingerprint density at radius 3 is 2.38 bits per heavy atom. The summed E-state index contributed by atoms with van der Waals surface area (Å²) in [4.78, 5) is 0. The van der Waals surface area contributed by atoms with Crippen LogP contribution in [0.1, 0.15) is 18.1 Å². The number of rotatable bonds is 1. The van der Waals surface area contributed by atoms with Crippen molar-refractivity contribution in [2.24, 2.45) is 0 Å². The topological polar surface area (TPSA) is 23.8 Å². The van der Waals surface area contributed by atoms with E-state index in [-0.39, 0.29) is 0 Å². The third kappa shape index (κ3) is 2.51. The first-order valence-corrected chi connectivity index (χ1v) is 3.90. The summed E-state index contributed by atoms with van der Waals surface area (Å²) < 4.78 is 0. The molecule has 1 nitrogen and oxygen atoms in total. The highest BCUT2D eigenvalue weighted by atomic mass is 14.2. The number of hydrogen-bond donors (Lipinski definition) is 0. The van der Waals surface area contributed by atoms with Gasteiger partial charge in [0, 0.05) is 11.5 Å². The number of nitrogens with zero attached hydrogens (tertiary/aromatic N) is 1. The number of benzene rings is 1. The smallest absolute Gasteiger partial charge is 0.152 e. The van der Waals surface area contributed by atoms with Crippen molar-refractivity contribution in [3.63, 3.8) is 0 Å². The quantitative estimate of drug-likeness (QED) is 0.590. The molecule has 0 spiro atoms. The van der Waals surface area contributed by atoms with Crippen molar-refractivity contribution in [2.75, 3.05) is 0 Å². The van der Waals surface area contributed by atoms with E-state index in [4.69, 9.17) is 5.26 Å². The molecule has 0 aliphatic carbocycles. The van der Waals surface area contributed by atoms with Gasteiger partial charge in [-0.15, -0.1) is 0 Å². The van der Waals surface area contributed by atoms with E-state index < -0.39 is 0 Å². The Labute approximate surface area is 78.3 Å². The molecule has 1 aromatic carbocycles. The summed E-state index contributed by atoms with van der Waals surface area (Å²) in [6.45, 7) is 5.78. The second-order valence-electron chi connectivity index (χ2n) is 2.72. The van der Waals surface area contributed by atoms with E-state index >= 15 is 0 Å².